The number of thiophene rings is 1. The summed E-state index contributed by atoms with van der Waals surface area (Å²) >= 11 is 1.88. The molecule has 0 fully saturated rings. The fourth-order valence-corrected chi connectivity index (χ4v) is 9.30. The second-order valence-corrected chi connectivity index (χ2v) is 12.8. The van der Waals surface area contributed by atoms with Crippen LogP contribution in [0.5, 0.6) is 0 Å². The molecule has 3 nitrogen and oxygen atoms in total. The molecule has 8 aromatic rings. The summed E-state index contributed by atoms with van der Waals surface area (Å²) < 4.78 is 5.20. The lowest BCUT2D eigenvalue weighted by Gasteiger charge is -2.41. The van der Waals surface area contributed by atoms with Crippen LogP contribution in [0.15, 0.2) is 133 Å². The van der Waals surface area contributed by atoms with Crippen molar-refractivity contribution in [1.29, 1.82) is 0 Å². The first kappa shape index (κ1) is 22.4. The normalized spacial score (nSPS) is 13.9. The van der Waals surface area contributed by atoms with Crippen molar-refractivity contribution >= 4 is 99.8 Å². The summed E-state index contributed by atoms with van der Waals surface area (Å²) in [6.07, 6.45) is 0. The van der Waals surface area contributed by atoms with Crippen molar-refractivity contribution in [3.63, 3.8) is 0 Å². The number of benzene rings is 6. The maximum absolute atomic E-state index is 2.55. The molecule has 0 bridgehead atoms. The van der Waals surface area contributed by atoms with Gasteiger partial charge in [-0.05, 0) is 71.6 Å². The number of anilines is 6. The van der Waals surface area contributed by atoms with Gasteiger partial charge in [-0.1, -0.05) is 72.8 Å². The van der Waals surface area contributed by atoms with E-state index in [2.05, 4.69) is 148 Å². The van der Waals surface area contributed by atoms with Gasteiger partial charge >= 0.3 is 0 Å². The standard InChI is InChI=1S/C38H22BN3S/c1-2-11-23(12-3-1)40-28-17-8-18-29-35(28)39-36-30(19-9-20-31(36)42-26-15-6-4-13-24(26)37(40)38(39)42)41(29)27-16-10-22-33-34(27)25-14-5-7-21-32(25)43-33/h1-22H. The lowest BCUT2D eigenvalue weighted by Crippen LogP contribution is -2.59. The third-order valence-electron chi connectivity index (χ3n) is 9.68. The van der Waals surface area contributed by atoms with Crippen molar-refractivity contribution in [2.75, 3.05) is 9.80 Å². The highest BCUT2D eigenvalue weighted by Gasteiger charge is 2.51. The van der Waals surface area contributed by atoms with E-state index in [0.29, 0.717) is 0 Å². The van der Waals surface area contributed by atoms with E-state index >= 15 is 0 Å². The zero-order valence-electron chi connectivity index (χ0n) is 23.0. The first-order chi connectivity index (χ1) is 21.4. The Morgan fingerprint density at radius 1 is 0.465 bits per heavy atom. The second-order valence-electron chi connectivity index (χ2n) is 11.7. The molecule has 2 aromatic heterocycles. The number of aromatic nitrogens is 1. The van der Waals surface area contributed by atoms with Gasteiger partial charge in [-0.15, -0.1) is 11.3 Å². The molecule has 0 N–H and O–H groups in total. The summed E-state index contributed by atoms with van der Waals surface area (Å²) in [5.74, 6) is 0. The van der Waals surface area contributed by atoms with Crippen LogP contribution < -0.4 is 26.3 Å². The van der Waals surface area contributed by atoms with E-state index in [1.165, 1.54) is 87.4 Å². The van der Waals surface area contributed by atoms with E-state index < -0.39 is 0 Å². The number of nitrogens with zero attached hydrogens (tertiary/aromatic N) is 3. The second kappa shape index (κ2) is 7.77. The maximum Gasteiger partial charge on any atom is 0.275 e. The third kappa shape index (κ3) is 2.59. The number of rotatable bonds is 2. The average molecular weight is 563 g/mol. The minimum absolute atomic E-state index is 0.175. The molecule has 5 heteroatoms. The summed E-state index contributed by atoms with van der Waals surface area (Å²) in [5.41, 5.74) is 14.3. The van der Waals surface area contributed by atoms with Crippen LogP contribution in [0.4, 0.5) is 34.1 Å². The first-order valence-corrected chi connectivity index (χ1v) is 15.7. The molecule has 0 spiro atoms. The average Bonchev–Trinajstić information content (AvgIpc) is 3.72. The van der Waals surface area contributed by atoms with E-state index in [4.69, 9.17) is 0 Å². The van der Waals surface area contributed by atoms with Crippen LogP contribution in [0, 0.1) is 0 Å². The molecule has 0 aliphatic carbocycles. The van der Waals surface area contributed by atoms with E-state index in [1.807, 2.05) is 11.3 Å². The summed E-state index contributed by atoms with van der Waals surface area (Å²) in [7, 11) is 0. The van der Waals surface area contributed by atoms with Gasteiger partial charge in [0.05, 0.1) is 16.9 Å². The van der Waals surface area contributed by atoms with Crippen LogP contribution in [0.25, 0.3) is 36.8 Å². The molecule has 0 radical (unpaired) electrons. The summed E-state index contributed by atoms with van der Waals surface area (Å²) in [6, 6.07) is 49.3. The van der Waals surface area contributed by atoms with Crippen molar-refractivity contribution < 1.29 is 0 Å². The minimum Gasteiger partial charge on any atom is -0.320 e. The molecule has 198 valence electrons. The number of hydrogen-bond donors (Lipinski definition) is 0. The van der Waals surface area contributed by atoms with Gasteiger partial charge in [-0.2, -0.15) is 0 Å². The molecule has 43 heavy (non-hydrogen) atoms. The molecule has 11 rings (SSSR count). The van der Waals surface area contributed by atoms with Gasteiger partial charge in [-0.3, -0.25) is 0 Å². The number of fused-ring (bicyclic) bond motifs is 7. The predicted octanol–water partition coefficient (Wildman–Crippen LogP) is 8.39. The third-order valence-corrected chi connectivity index (χ3v) is 10.8. The lowest BCUT2D eigenvalue weighted by molar-refractivity contribution is 1.19. The van der Waals surface area contributed by atoms with Gasteiger partial charge in [0.2, 0.25) is 0 Å². The van der Waals surface area contributed by atoms with Gasteiger partial charge < -0.3 is 14.4 Å². The topological polar surface area (TPSA) is 11.4 Å². The number of para-hydroxylation sites is 2. The monoisotopic (exact) mass is 563 g/mol. The molecule has 0 amide bonds. The highest BCUT2D eigenvalue weighted by molar-refractivity contribution is 7.26. The lowest BCUT2D eigenvalue weighted by atomic mass is 9.36. The molecule has 0 saturated heterocycles. The van der Waals surface area contributed by atoms with Crippen LogP contribution in [0.2, 0.25) is 0 Å². The molecule has 6 aromatic carbocycles. The number of hydrogen-bond acceptors (Lipinski definition) is 3. The maximum atomic E-state index is 2.55. The van der Waals surface area contributed by atoms with E-state index in [9.17, 15) is 0 Å². The molecular formula is C38H22BN3S. The predicted molar refractivity (Wildman–Crippen MR) is 184 cm³/mol. The molecule has 0 saturated carbocycles. The molecule has 0 unspecified atom stereocenters. The smallest absolute Gasteiger partial charge is 0.275 e. The summed E-state index contributed by atoms with van der Waals surface area (Å²) in [4.78, 5) is 5.07. The van der Waals surface area contributed by atoms with Crippen LogP contribution in [-0.4, -0.2) is 11.3 Å². The highest BCUT2D eigenvalue weighted by Crippen LogP contribution is 2.51. The molecule has 5 heterocycles. The molecule has 3 aliphatic heterocycles. The van der Waals surface area contributed by atoms with Gasteiger partial charge in [0.25, 0.3) is 6.71 Å². The molecule has 3 aliphatic rings. The Balaban J connectivity index is 1.32. The Bertz CT molecular complexity index is 2490. The van der Waals surface area contributed by atoms with Crippen LogP contribution >= 0.6 is 11.3 Å². The van der Waals surface area contributed by atoms with Crippen molar-refractivity contribution in [2.45, 2.75) is 0 Å². The first-order valence-electron chi connectivity index (χ1n) is 14.8. The summed E-state index contributed by atoms with van der Waals surface area (Å²) in [6.45, 7) is 0.175. The van der Waals surface area contributed by atoms with Gasteiger partial charge in [0.1, 0.15) is 0 Å². The van der Waals surface area contributed by atoms with Gasteiger partial charge in [-0.25, -0.2) is 0 Å². The van der Waals surface area contributed by atoms with Crippen molar-refractivity contribution in [1.82, 2.24) is 4.57 Å². The van der Waals surface area contributed by atoms with Crippen molar-refractivity contribution in [2.24, 2.45) is 0 Å². The van der Waals surface area contributed by atoms with Crippen molar-refractivity contribution in [3.05, 3.63) is 133 Å². The van der Waals surface area contributed by atoms with Gasteiger partial charge in [0, 0.05) is 59.6 Å². The minimum atomic E-state index is 0.175. The Morgan fingerprint density at radius 2 is 1.07 bits per heavy atom. The Kier molecular flexibility index (Phi) is 4.04. The van der Waals surface area contributed by atoms with Crippen LogP contribution in [0.1, 0.15) is 0 Å². The zero-order chi connectivity index (χ0) is 27.8. The Labute approximate surface area is 252 Å². The highest BCUT2D eigenvalue weighted by atomic mass is 32.1. The Morgan fingerprint density at radius 3 is 1.91 bits per heavy atom. The fourth-order valence-electron chi connectivity index (χ4n) is 8.17. The Hall–Kier alpha value is -5.26. The van der Waals surface area contributed by atoms with Crippen LogP contribution in [0.3, 0.4) is 0 Å². The van der Waals surface area contributed by atoms with Crippen molar-refractivity contribution in [3.8, 4) is 5.69 Å². The quantitative estimate of drug-likeness (QED) is 0.196. The van der Waals surface area contributed by atoms with Crippen LogP contribution in [-0.2, 0) is 0 Å². The van der Waals surface area contributed by atoms with E-state index in [1.54, 1.807) is 0 Å². The van der Waals surface area contributed by atoms with Gasteiger partial charge in [0.15, 0.2) is 0 Å². The zero-order valence-corrected chi connectivity index (χ0v) is 23.8. The van der Waals surface area contributed by atoms with E-state index in [0.717, 1.165) is 0 Å². The molecular weight excluding hydrogens is 541 g/mol. The largest absolute Gasteiger partial charge is 0.320 e. The fraction of sp³-hybridized carbons (Fsp3) is 0. The van der Waals surface area contributed by atoms with E-state index in [-0.39, 0.29) is 6.71 Å². The molecule has 0 atom stereocenters. The SMILES string of the molecule is c1ccc(N2c3cccc4c3B3c5c(cccc5-n5c3c2c2ccccc25)N4c2cccc3sc4ccccc4c23)cc1. The summed E-state index contributed by atoms with van der Waals surface area (Å²) in [5, 5.41) is 3.95.